The summed E-state index contributed by atoms with van der Waals surface area (Å²) in [4.78, 5) is 6.79. The molecular formula is C16H19ClN2O. The van der Waals surface area contributed by atoms with E-state index >= 15 is 0 Å². The lowest BCUT2D eigenvalue weighted by atomic mass is 10.0. The Bertz CT molecular complexity index is 609. The number of rotatable bonds is 2. The molecule has 1 aliphatic heterocycles. The summed E-state index contributed by atoms with van der Waals surface area (Å²) >= 11 is 6.01. The molecule has 20 heavy (non-hydrogen) atoms. The van der Waals surface area contributed by atoms with Gasteiger partial charge in [-0.1, -0.05) is 18.2 Å². The first-order valence-corrected chi connectivity index (χ1v) is 7.45. The van der Waals surface area contributed by atoms with E-state index in [0.717, 1.165) is 18.6 Å². The number of alkyl halides is 1. The molecular weight excluding hydrogens is 272 g/mol. The van der Waals surface area contributed by atoms with Crippen molar-refractivity contribution in [3.63, 3.8) is 0 Å². The normalized spacial score (nSPS) is 22.1. The molecule has 1 atom stereocenters. The first-order chi connectivity index (χ1) is 9.59. The summed E-state index contributed by atoms with van der Waals surface area (Å²) in [5.74, 6) is 0.517. The van der Waals surface area contributed by atoms with E-state index in [4.69, 9.17) is 16.3 Å². The number of halogens is 1. The zero-order valence-corrected chi connectivity index (χ0v) is 12.6. The predicted molar refractivity (Wildman–Crippen MR) is 83.6 cm³/mol. The molecule has 3 nitrogen and oxygen atoms in total. The third-order valence-electron chi connectivity index (χ3n) is 3.62. The van der Waals surface area contributed by atoms with Gasteiger partial charge >= 0.3 is 0 Å². The molecule has 1 fully saturated rings. The van der Waals surface area contributed by atoms with Crippen LogP contribution in [0, 0.1) is 0 Å². The van der Waals surface area contributed by atoms with Crippen LogP contribution in [0.1, 0.15) is 13.8 Å². The van der Waals surface area contributed by atoms with E-state index in [1.54, 1.807) is 0 Å². The monoisotopic (exact) mass is 290 g/mol. The van der Waals surface area contributed by atoms with Gasteiger partial charge in [-0.05, 0) is 26.0 Å². The van der Waals surface area contributed by atoms with Gasteiger partial charge in [0.15, 0.2) is 0 Å². The molecule has 0 bridgehead atoms. The van der Waals surface area contributed by atoms with Crippen LogP contribution in [-0.2, 0) is 4.74 Å². The quantitative estimate of drug-likeness (QED) is 0.792. The number of hydrogen-bond donors (Lipinski definition) is 0. The number of ether oxygens (including phenoxy) is 1. The van der Waals surface area contributed by atoms with Crippen molar-refractivity contribution in [1.82, 2.24) is 4.98 Å². The molecule has 1 aromatic carbocycles. The van der Waals surface area contributed by atoms with Crippen molar-refractivity contribution in [2.24, 2.45) is 0 Å². The number of pyridine rings is 1. The molecule has 1 saturated heterocycles. The smallest absolute Gasteiger partial charge is 0.0893 e. The molecule has 1 unspecified atom stereocenters. The number of morpholine rings is 1. The number of benzene rings is 1. The van der Waals surface area contributed by atoms with Crippen molar-refractivity contribution in [2.75, 3.05) is 23.9 Å². The maximum atomic E-state index is 6.01. The van der Waals surface area contributed by atoms with Gasteiger partial charge in [-0.15, -0.1) is 11.6 Å². The number of para-hydroxylation sites is 1. The first kappa shape index (κ1) is 13.7. The first-order valence-electron chi connectivity index (χ1n) is 6.91. The highest BCUT2D eigenvalue weighted by Crippen LogP contribution is 2.31. The lowest BCUT2D eigenvalue weighted by Crippen LogP contribution is -2.53. The Labute approximate surface area is 124 Å². The number of nitrogens with zero attached hydrogens (tertiary/aromatic N) is 2. The molecule has 1 aliphatic rings. The molecule has 3 rings (SSSR count). The van der Waals surface area contributed by atoms with Crippen LogP contribution in [0.25, 0.3) is 10.9 Å². The number of fused-ring (bicyclic) bond motifs is 1. The van der Waals surface area contributed by atoms with Gasteiger partial charge in [0.05, 0.1) is 23.1 Å². The highest BCUT2D eigenvalue weighted by atomic mass is 35.5. The Balaban J connectivity index is 2.01. The number of aromatic nitrogens is 1. The van der Waals surface area contributed by atoms with Crippen LogP contribution in [0.2, 0.25) is 0 Å². The molecule has 0 N–H and O–H groups in total. The van der Waals surface area contributed by atoms with E-state index in [2.05, 4.69) is 41.9 Å². The summed E-state index contributed by atoms with van der Waals surface area (Å²) in [7, 11) is 0. The zero-order chi connectivity index (χ0) is 14.2. The minimum absolute atomic E-state index is 0.0624. The van der Waals surface area contributed by atoms with Gasteiger partial charge in [-0.25, -0.2) is 0 Å². The highest BCUT2D eigenvalue weighted by Gasteiger charge is 2.33. The van der Waals surface area contributed by atoms with Gasteiger partial charge in [0.1, 0.15) is 0 Å². The summed E-state index contributed by atoms with van der Waals surface area (Å²) in [6.07, 6.45) is 1.93. The van der Waals surface area contributed by atoms with Crippen molar-refractivity contribution in [1.29, 1.82) is 0 Å². The summed E-state index contributed by atoms with van der Waals surface area (Å²) < 4.78 is 6.00. The third-order valence-corrected chi connectivity index (χ3v) is 3.96. The maximum Gasteiger partial charge on any atom is 0.0893 e. The molecule has 0 saturated carbocycles. The van der Waals surface area contributed by atoms with E-state index in [9.17, 15) is 0 Å². The van der Waals surface area contributed by atoms with Gasteiger partial charge < -0.3 is 9.64 Å². The average Bonchev–Trinajstić information content (AvgIpc) is 2.45. The Morgan fingerprint density at radius 1 is 1.35 bits per heavy atom. The van der Waals surface area contributed by atoms with E-state index < -0.39 is 0 Å². The fourth-order valence-electron chi connectivity index (χ4n) is 2.92. The van der Waals surface area contributed by atoms with Gasteiger partial charge in [0, 0.05) is 30.4 Å². The molecule has 0 aliphatic carbocycles. The van der Waals surface area contributed by atoms with Gasteiger partial charge in [0.25, 0.3) is 0 Å². The molecule has 2 aromatic rings. The maximum absolute atomic E-state index is 6.01. The second kappa shape index (κ2) is 5.23. The van der Waals surface area contributed by atoms with Crippen LogP contribution in [0.5, 0.6) is 0 Å². The van der Waals surface area contributed by atoms with E-state index in [0.29, 0.717) is 5.88 Å². The fraction of sp³-hybridized carbons (Fsp3) is 0.438. The molecule has 0 amide bonds. The fourth-order valence-corrected chi connectivity index (χ4v) is 3.08. The lowest BCUT2D eigenvalue weighted by molar-refractivity contribution is -0.0733. The van der Waals surface area contributed by atoms with Crippen molar-refractivity contribution >= 4 is 28.2 Å². The Morgan fingerprint density at radius 2 is 2.15 bits per heavy atom. The molecule has 4 heteroatoms. The molecule has 106 valence electrons. The lowest BCUT2D eigenvalue weighted by Gasteiger charge is -2.43. The number of anilines is 1. The third kappa shape index (κ3) is 2.60. The van der Waals surface area contributed by atoms with Gasteiger partial charge in [0.2, 0.25) is 0 Å². The SMILES string of the molecule is CC1(C)CN(c2ccnc3ccccc23)CC(CCl)O1. The van der Waals surface area contributed by atoms with Crippen LogP contribution in [0.4, 0.5) is 5.69 Å². The Morgan fingerprint density at radius 3 is 2.95 bits per heavy atom. The van der Waals surface area contributed by atoms with Crippen molar-refractivity contribution < 1.29 is 4.74 Å². The van der Waals surface area contributed by atoms with Crippen LogP contribution >= 0.6 is 11.6 Å². The molecule has 0 spiro atoms. The van der Waals surface area contributed by atoms with E-state index in [1.165, 1.54) is 11.1 Å². The predicted octanol–water partition coefficient (Wildman–Crippen LogP) is 3.46. The Kier molecular flexibility index (Phi) is 3.57. The van der Waals surface area contributed by atoms with Crippen molar-refractivity contribution in [2.45, 2.75) is 25.6 Å². The zero-order valence-electron chi connectivity index (χ0n) is 11.8. The average molecular weight is 291 g/mol. The van der Waals surface area contributed by atoms with E-state index in [1.807, 2.05) is 18.3 Å². The second-order valence-electron chi connectivity index (χ2n) is 5.88. The minimum Gasteiger partial charge on any atom is -0.367 e. The molecule has 1 aromatic heterocycles. The minimum atomic E-state index is -0.192. The van der Waals surface area contributed by atoms with Crippen LogP contribution in [0.3, 0.4) is 0 Å². The van der Waals surface area contributed by atoms with Crippen LogP contribution < -0.4 is 4.90 Å². The summed E-state index contributed by atoms with van der Waals surface area (Å²) in [6.45, 7) is 5.90. The second-order valence-corrected chi connectivity index (χ2v) is 6.19. The number of hydrogen-bond acceptors (Lipinski definition) is 3. The summed E-state index contributed by atoms with van der Waals surface area (Å²) in [5.41, 5.74) is 2.04. The largest absolute Gasteiger partial charge is 0.367 e. The molecule has 2 heterocycles. The summed E-state index contributed by atoms with van der Waals surface area (Å²) in [5, 5.41) is 1.18. The van der Waals surface area contributed by atoms with E-state index in [-0.39, 0.29) is 11.7 Å². The molecule has 0 radical (unpaired) electrons. The summed E-state index contributed by atoms with van der Waals surface area (Å²) in [6, 6.07) is 10.3. The van der Waals surface area contributed by atoms with Crippen LogP contribution in [-0.4, -0.2) is 35.7 Å². The topological polar surface area (TPSA) is 25.4 Å². The van der Waals surface area contributed by atoms with Crippen molar-refractivity contribution in [3.05, 3.63) is 36.5 Å². The highest BCUT2D eigenvalue weighted by molar-refractivity contribution is 6.18. The van der Waals surface area contributed by atoms with Gasteiger partial charge in [-0.2, -0.15) is 0 Å². The van der Waals surface area contributed by atoms with Gasteiger partial charge in [-0.3, -0.25) is 4.98 Å². The standard InChI is InChI=1S/C16H19ClN2O/c1-16(2)11-19(10-12(9-17)20-16)15-7-8-18-14-6-4-3-5-13(14)15/h3-8,12H,9-11H2,1-2H3. The van der Waals surface area contributed by atoms with Crippen molar-refractivity contribution in [3.8, 4) is 0 Å². The van der Waals surface area contributed by atoms with Crippen LogP contribution in [0.15, 0.2) is 36.5 Å². The Hall–Kier alpha value is -1.32.